The number of halogens is 1. The molecule has 0 atom stereocenters. The van der Waals surface area contributed by atoms with Crippen LogP contribution in [-0.2, 0) is 6.42 Å². The van der Waals surface area contributed by atoms with Gasteiger partial charge in [0.2, 0.25) is 0 Å². The standard InChI is InChI=1S/C14H19BrO2/c1-9(2)13-10(8-14(16)4-5-14)6-11(15)7-12(13)17-3/h6-7,9,16H,4-5,8H2,1-3H3. The summed E-state index contributed by atoms with van der Waals surface area (Å²) >= 11 is 3.50. The van der Waals surface area contributed by atoms with E-state index < -0.39 is 5.60 Å². The van der Waals surface area contributed by atoms with Crippen molar-refractivity contribution in [2.45, 2.75) is 44.6 Å². The minimum absolute atomic E-state index is 0.399. The van der Waals surface area contributed by atoms with Gasteiger partial charge in [-0.15, -0.1) is 0 Å². The molecule has 0 amide bonds. The molecular weight excluding hydrogens is 280 g/mol. The van der Waals surface area contributed by atoms with Crippen LogP contribution in [0.2, 0.25) is 0 Å². The van der Waals surface area contributed by atoms with Crippen molar-refractivity contribution < 1.29 is 9.84 Å². The molecule has 1 aromatic carbocycles. The topological polar surface area (TPSA) is 29.5 Å². The van der Waals surface area contributed by atoms with Gasteiger partial charge in [-0.05, 0) is 36.5 Å². The molecule has 2 rings (SSSR count). The van der Waals surface area contributed by atoms with Gasteiger partial charge in [0.1, 0.15) is 5.75 Å². The largest absolute Gasteiger partial charge is 0.496 e. The zero-order chi connectivity index (χ0) is 12.6. The number of aliphatic hydroxyl groups is 1. The third-order valence-corrected chi connectivity index (χ3v) is 3.79. The Labute approximate surface area is 111 Å². The molecule has 1 fully saturated rings. The van der Waals surface area contributed by atoms with Crippen LogP contribution in [0.25, 0.3) is 0 Å². The van der Waals surface area contributed by atoms with E-state index in [1.807, 2.05) is 6.07 Å². The van der Waals surface area contributed by atoms with Gasteiger partial charge < -0.3 is 9.84 Å². The van der Waals surface area contributed by atoms with Crippen LogP contribution in [-0.4, -0.2) is 17.8 Å². The average molecular weight is 299 g/mol. The predicted molar refractivity (Wildman–Crippen MR) is 72.7 cm³/mol. The molecule has 0 radical (unpaired) electrons. The Balaban J connectivity index is 2.43. The van der Waals surface area contributed by atoms with E-state index in [-0.39, 0.29) is 0 Å². The Kier molecular flexibility index (Phi) is 3.50. The van der Waals surface area contributed by atoms with Gasteiger partial charge in [-0.25, -0.2) is 0 Å². The van der Waals surface area contributed by atoms with Crippen molar-refractivity contribution in [3.8, 4) is 5.75 Å². The zero-order valence-corrected chi connectivity index (χ0v) is 12.2. The second-order valence-electron chi connectivity index (χ2n) is 5.24. The smallest absolute Gasteiger partial charge is 0.123 e. The van der Waals surface area contributed by atoms with E-state index in [9.17, 15) is 5.11 Å². The fourth-order valence-corrected chi connectivity index (χ4v) is 2.78. The highest BCUT2D eigenvalue weighted by atomic mass is 79.9. The van der Waals surface area contributed by atoms with Crippen LogP contribution in [0.5, 0.6) is 5.75 Å². The highest BCUT2D eigenvalue weighted by molar-refractivity contribution is 9.10. The number of rotatable bonds is 4. The highest BCUT2D eigenvalue weighted by Crippen LogP contribution is 2.42. The van der Waals surface area contributed by atoms with Gasteiger partial charge in [-0.2, -0.15) is 0 Å². The molecule has 0 aromatic heterocycles. The van der Waals surface area contributed by atoms with Crippen LogP contribution in [0.15, 0.2) is 16.6 Å². The fraction of sp³-hybridized carbons (Fsp3) is 0.571. The van der Waals surface area contributed by atoms with Crippen molar-refractivity contribution in [3.63, 3.8) is 0 Å². The summed E-state index contributed by atoms with van der Waals surface area (Å²) in [7, 11) is 1.70. The van der Waals surface area contributed by atoms with Crippen LogP contribution < -0.4 is 4.74 Å². The average Bonchev–Trinajstić information content (AvgIpc) is 2.94. The van der Waals surface area contributed by atoms with Crippen LogP contribution >= 0.6 is 15.9 Å². The van der Waals surface area contributed by atoms with Gasteiger partial charge in [-0.3, -0.25) is 0 Å². The molecule has 0 heterocycles. The van der Waals surface area contributed by atoms with E-state index in [0.29, 0.717) is 5.92 Å². The third-order valence-electron chi connectivity index (χ3n) is 3.34. The summed E-state index contributed by atoms with van der Waals surface area (Å²) in [5, 5.41) is 10.1. The lowest BCUT2D eigenvalue weighted by Crippen LogP contribution is -2.13. The minimum atomic E-state index is -0.463. The number of methoxy groups -OCH3 is 1. The lowest BCUT2D eigenvalue weighted by atomic mass is 9.92. The fourth-order valence-electron chi connectivity index (χ4n) is 2.29. The van der Waals surface area contributed by atoms with Crippen molar-refractivity contribution in [3.05, 3.63) is 27.7 Å². The number of benzene rings is 1. The van der Waals surface area contributed by atoms with Crippen LogP contribution in [0.1, 0.15) is 43.7 Å². The quantitative estimate of drug-likeness (QED) is 0.919. The van der Waals surface area contributed by atoms with Crippen LogP contribution in [0, 0.1) is 0 Å². The molecule has 0 spiro atoms. The molecule has 1 aromatic rings. The van der Waals surface area contributed by atoms with Crippen molar-refractivity contribution in [2.75, 3.05) is 7.11 Å². The normalized spacial score (nSPS) is 17.3. The number of hydrogen-bond acceptors (Lipinski definition) is 2. The number of ether oxygens (including phenoxy) is 1. The Hall–Kier alpha value is -0.540. The summed E-state index contributed by atoms with van der Waals surface area (Å²) in [4.78, 5) is 0. The van der Waals surface area contributed by atoms with E-state index in [1.54, 1.807) is 7.11 Å². The first-order valence-corrected chi connectivity index (χ1v) is 6.83. The van der Waals surface area contributed by atoms with Crippen molar-refractivity contribution in [2.24, 2.45) is 0 Å². The molecule has 1 saturated carbocycles. The molecule has 2 nitrogen and oxygen atoms in total. The van der Waals surface area contributed by atoms with Crippen LogP contribution in [0.3, 0.4) is 0 Å². The first-order chi connectivity index (χ1) is 7.95. The summed E-state index contributed by atoms with van der Waals surface area (Å²) in [5.41, 5.74) is 1.96. The summed E-state index contributed by atoms with van der Waals surface area (Å²) in [6.45, 7) is 4.32. The maximum atomic E-state index is 10.1. The van der Waals surface area contributed by atoms with Gasteiger partial charge in [0.25, 0.3) is 0 Å². The second kappa shape index (κ2) is 4.62. The van der Waals surface area contributed by atoms with Gasteiger partial charge in [0, 0.05) is 16.5 Å². The molecule has 0 saturated heterocycles. The number of hydrogen-bond donors (Lipinski definition) is 1. The molecule has 17 heavy (non-hydrogen) atoms. The Morgan fingerprint density at radius 3 is 2.53 bits per heavy atom. The van der Waals surface area contributed by atoms with E-state index in [2.05, 4.69) is 35.8 Å². The lowest BCUT2D eigenvalue weighted by Gasteiger charge is -2.19. The molecule has 0 unspecified atom stereocenters. The Bertz CT molecular complexity index is 422. The molecule has 94 valence electrons. The molecular formula is C14H19BrO2. The van der Waals surface area contributed by atoms with Gasteiger partial charge in [0.15, 0.2) is 0 Å². The highest BCUT2D eigenvalue weighted by Gasteiger charge is 2.41. The predicted octanol–water partition coefficient (Wildman–Crippen LogP) is 3.65. The lowest BCUT2D eigenvalue weighted by molar-refractivity contribution is 0.150. The summed E-state index contributed by atoms with van der Waals surface area (Å²) in [5.74, 6) is 1.31. The van der Waals surface area contributed by atoms with Crippen molar-refractivity contribution in [1.82, 2.24) is 0 Å². The summed E-state index contributed by atoms with van der Waals surface area (Å²) in [6, 6.07) is 4.10. The minimum Gasteiger partial charge on any atom is -0.496 e. The third kappa shape index (κ3) is 2.83. The first-order valence-electron chi connectivity index (χ1n) is 6.04. The maximum Gasteiger partial charge on any atom is 0.123 e. The molecule has 0 aliphatic heterocycles. The first kappa shape index (κ1) is 12.9. The Morgan fingerprint density at radius 2 is 2.06 bits per heavy atom. The molecule has 1 aliphatic rings. The molecule has 1 aliphatic carbocycles. The van der Waals surface area contributed by atoms with Crippen molar-refractivity contribution in [1.29, 1.82) is 0 Å². The molecule has 1 N–H and O–H groups in total. The van der Waals surface area contributed by atoms with E-state index in [1.165, 1.54) is 11.1 Å². The maximum absolute atomic E-state index is 10.1. The van der Waals surface area contributed by atoms with E-state index in [0.717, 1.165) is 29.5 Å². The van der Waals surface area contributed by atoms with Crippen LogP contribution in [0.4, 0.5) is 0 Å². The zero-order valence-electron chi connectivity index (χ0n) is 10.6. The van der Waals surface area contributed by atoms with E-state index >= 15 is 0 Å². The SMILES string of the molecule is COc1cc(Br)cc(CC2(O)CC2)c1C(C)C. The monoisotopic (exact) mass is 298 g/mol. The van der Waals surface area contributed by atoms with E-state index in [4.69, 9.17) is 4.74 Å². The molecule has 0 bridgehead atoms. The van der Waals surface area contributed by atoms with Crippen molar-refractivity contribution >= 4 is 15.9 Å². The summed E-state index contributed by atoms with van der Waals surface area (Å²) in [6.07, 6.45) is 2.56. The Morgan fingerprint density at radius 1 is 1.41 bits per heavy atom. The van der Waals surface area contributed by atoms with Gasteiger partial charge >= 0.3 is 0 Å². The molecule has 3 heteroatoms. The van der Waals surface area contributed by atoms with Gasteiger partial charge in [-0.1, -0.05) is 29.8 Å². The summed E-state index contributed by atoms with van der Waals surface area (Å²) < 4.78 is 6.46. The van der Waals surface area contributed by atoms with Gasteiger partial charge in [0.05, 0.1) is 12.7 Å². The second-order valence-corrected chi connectivity index (χ2v) is 6.15.